The van der Waals surface area contributed by atoms with Gasteiger partial charge in [0.05, 0.1) is 0 Å². The normalized spacial score (nSPS) is 39.6. The molecule has 4 saturated carbocycles. The maximum atomic E-state index is 12.5. The van der Waals surface area contributed by atoms with E-state index in [0.717, 1.165) is 49.0 Å². The Kier molecular flexibility index (Phi) is 7.97. The number of hydrogen-bond donors (Lipinski definition) is 0. The summed E-state index contributed by atoms with van der Waals surface area (Å²) in [5.41, 5.74) is 1.16. The van der Waals surface area contributed by atoms with Crippen LogP contribution in [0, 0.1) is 46.3 Å². The van der Waals surface area contributed by atoms with Crippen molar-refractivity contribution in [3.8, 4) is 0 Å². The second-order valence-corrected chi connectivity index (χ2v) is 13.6. The minimum absolute atomic E-state index is 0.00424. The van der Waals surface area contributed by atoms with Crippen LogP contribution in [0.2, 0.25) is 0 Å². The van der Waals surface area contributed by atoms with Crippen LogP contribution in [0.4, 0.5) is 4.79 Å². The number of halogens is 1. The fraction of sp³-hybridized carbons (Fsp3) is 0.750. The highest BCUT2D eigenvalue weighted by atomic mass is 35.5. The van der Waals surface area contributed by atoms with Crippen LogP contribution in [0.15, 0.2) is 30.3 Å². The Morgan fingerprint density at radius 2 is 1.70 bits per heavy atom. The van der Waals surface area contributed by atoms with Gasteiger partial charge in [-0.2, -0.15) is 0 Å². The third-order valence-electron chi connectivity index (χ3n) is 11.7. The summed E-state index contributed by atoms with van der Waals surface area (Å²) in [5.74, 6) is 4.24. The van der Waals surface area contributed by atoms with Gasteiger partial charge in [-0.25, -0.2) is 4.79 Å². The number of hydrogen-bond acceptors (Lipinski definition) is 4. The van der Waals surface area contributed by atoms with Gasteiger partial charge in [-0.15, -0.1) is 0 Å². The largest absolute Gasteiger partial charge is 0.461 e. The van der Waals surface area contributed by atoms with Gasteiger partial charge in [-0.1, -0.05) is 51.1 Å². The molecule has 1 aromatic carbocycles. The van der Waals surface area contributed by atoms with Gasteiger partial charge in [0, 0.05) is 18.0 Å². The molecule has 0 aliphatic heterocycles. The molecule has 0 heterocycles. The summed E-state index contributed by atoms with van der Waals surface area (Å²) >= 11 is 5.54. The number of carbonyl (C=O) groups excluding carboxylic acids is 2. The third kappa shape index (κ3) is 5.34. The van der Waals surface area contributed by atoms with E-state index in [2.05, 4.69) is 20.8 Å². The standard InChI is InChI=1S/C32H45ClO4/c1-21(9-14-29(34)36-20-22-7-5-4-6-8-22)26-12-13-27-25-11-10-23-19-24(37-30(33)35)15-17-31(23,2)28(25)16-18-32(26,27)3/h4-8,21,23-28H,9-20H2,1-3H3/t21-,23-,24-,25+,26-,27+,28+,31+,32-/m1/s1. The molecule has 0 amide bonds. The number of esters is 1. The van der Waals surface area contributed by atoms with E-state index < -0.39 is 5.43 Å². The maximum absolute atomic E-state index is 12.5. The molecule has 0 bridgehead atoms. The Balaban J connectivity index is 1.17. The van der Waals surface area contributed by atoms with Gasteiger partial charge >= 0.3 is 11.4 Å². The SMILES string of the molecule is C[C@H](CCC(=O)OCc1ccccc1)[C@H]1CC[C@H]2[C@@H]3CC[C@@H]4C[C@H](OC(=O)Cl)CC[C@]4(C)[C@H]3CC[C@]12C. The summed E-state index contributed by atoms with van der Waals surface area (Å²) in [7, 11) is 0. The van der Waals surface area contributed by atoms with Crippen LogP contribution in [0.5, 0.6) is 0 Å². The summed E-state index contributed by atoms with van der Waals surface area (Å²) in [6, 6.07) is 9.94. The topological polar surface area (TPSA) is 52.6 Å². The van der Waals surface area contributed by atoms with E-state index in [9.17, 15) is 9.59 Å². The molecule has 0 unspecified atom stereocenters. The van der Waals surface area contributed by atoms with Gasteiger partial charge in [0.15, 0.2) is 0 Å². The summed E-state index contributed by atoms with van der Waals surface area (Å²) in [6.07, 6.45) is 12.4. The zero-order chi connectivity index (χ0) is 26.2. The van der Waals surface area contributed by atoms with Crippen LogP contribution in [-0.4, -0.2) is 17.5 Å². The fourth-order valence-electron chi connectivity index (χ4n) is 9.79. The molecule has 9 atom stereocenters. The zero-order valence-corrected chi connectivity index (χ0v) is 23.7. The molecule has 0 spiro atoms. The van der Waals surface area contributed by atoms with E-state index in [1.807, 2.05) is 30.3 Å². The Hall–Kier alpha value is -1.55. The predicted molar refractivity (Wildman–Crippen MR) is 146 cm³/mol. The van der Waals surface area contributed by atoms with E-state index in [1.54, 1.807) is 0 Å². The molecule has 0 aromatic heterocycles. The lowest BCUT2D eigenvalue weighted by Gasteiger charge is -2.61. The number of fused-ring (bicyclic) bond motifs is 5. The van der Waals surface area contributed by atoms with Crippen molar-refractivity contribution < 1.29 is 19.1 Å². The Bertz CT molecular complexity index is 965. The molecule has 5 heteroatoms. The summed E-state index contributed by atoms with van der Waals surface area (Å²) < 4.78 is 11.0. The van der Waals surface area contributed by atoms with Crippen molar-refractivity contribution in [2.45, 2.75) is 104 Å². The Labute approximate surface area is 228 Å². The summed E-state index contributed by atoms with van der Waals surface area (Å²) in [6.45, 7) is 7.88. The van der Waals surface area contributed by atoms with Crippen molar-refractivity contribution in [3.63, 3.8) is 0 Å². The molecule has 5 rings (SSSR count). The van der Waals surface area contributed by atoms with Crippen molar-refractivity contribution in [2.24, 2.45) is 46.3 Å². The molecule has 4 fully saturated rings. The van der Waals surface area contributed by atoms with Crippen molar-refractivity contribution >= 4 is 23.0 Å². The summed E-state index contributed by atoms with van der Waals surface area (Å²) in [5, 5.41) is 0. The molecule has 4 nitrogen and oxygen atoms in total. The highest BCUT2D eigenvalue weighted by Gasteiger charge is 2.60. The van der Waals surface area contributed by atoms with Gasteiger partial charge in [0.25, 0.3) is 0 Å². The van der Waals surface area contributed by atoms with Crippen molar-refractivity contribution in [2.75, 3.05) is 0 Å². The molecule has 4 aliphatic carbocycles. The van der Waals surface area contributed by atoms with Gasteiger partial charge in [-0.05, 0) is 116 Å². The van der Waals surface area contributed by atoms with Crippen molar-refractivity contribution in [3.05, 3.63) is 35.9 Å². The van der Waals surface area contributed by atoms with E-state index >= 15 is 0 Å². The third-order valence-corrected chi connectivity index (χ3v) is 11.8. The van der Waals surface area contributed by atoms with E-state index in [1.165, 1.54) is 38.5 Å². The number of carbonyl (C=O) groups is 2. The average Bonchev–Trinajstić information content (AvgIpc) is 3.24. The molecule has 204 valence electrons. The number of rotatable bonds is 7. The lowest BCUT2D eigenvalue weighted by atomic mass is 9.44. The average molecular weight is 529 g/mol. The molecule has 0 radical (unpaired) electrons. The van der Waals surface area contributed by atoms with Gasteiger partial charge in [0.1, 0.15) is 12.7 Å². The van der Waals surface area contributed by atoms with Crippen molar-refractivity contribution in [1.82, 2.24) is 0 Å². The molecule has 0 N–H and O–H groups in total. The minimum atomic E-state index is -0.647. The van der Waals surface area contributed by atoms with E-state index in [4.69, 9.17) is 21.1 Å². The highest BCUT2D eigenvalue weighted by Crippen LogP contribution is 2.68. The van der Waals surface area contributed by atoms with Crippen LogP contribution in [0.25, 0.3) is 0 Å². The van der Waals surface area contributed by atoms with Crippen LogP contribution < -0.4 is 0 Å². The van der Waals surface area contributed by atoms with E-state index in [-0.39, 0.29) is 12.1 Å². The molecule has 0 saturated heterocycles. The first-order valence-corrected chi connectivity index (χ1v) is 15.1. The predicted octanol–water partition coefficient (Wildman–Crippen LogP) is 8.55. The zero-order valence-electron chi connectivity index (χ0n) is 22.9. The van der Waals surface area contributed by atoms with Gasteiger partial charge in [0.2, 0.25) is 0 Å². The van der Waals surface area contributed by atoms with Crippen LogP contribution >= 0.6 is 11.6 Å². The number of ether oxygens (including phenoxy) is 2. The monoisotopic (exact) mass is 528 g/mol. The quantitative estimate of drug-likeness (QED) is 0.263. The molecule has 4 aliphatic rings. The van der Waals surface area contributed by atoms with E-state index in [0.29, 0.717) is 41.6 Å². The Morgan fingerprint density at radius 3 is 2.46 bits per heavy atom. The molecule has 1 aromatic rings. The smallest absolute Gasteiger partial charge is 0.404 e. The lowest BCUT2D eigenvalue weighted by molar-refractivity contribution is -0.145. The molecule has 37 heavy (non-hydrogen) atoms. The maximum Gasteiger partial charge on any atom is 0.404 e. The molecular formula is C32H45ClO4. The number of benzene rings is 1. The first kappa shape index (κ1) is 27.0. The first-order chi connectivity index (χ1) is 17.7. The highest BCUT2D eigenvalue weighted by molar-refractivity contribution is 6.61. The lowest BCUT2D eigenvalue weighted by Crippen LogP contribution is -2.54. The second kappa shape index (κ2) is 10.9. The summed E-state index contributed by atoms with van der Waals surface area (Å²) in [4.78, 5) is 23.8. The first-order valence-electron chi connectivity index (χ1n) is 14.8. The van der Waals surface area contributed by atoms with Gasteiger partial charge in [-0.3, -0.25) is 4.79 Å². The Morgan fingerprint density at radius 1 is 0.973 bits per heavy atom. The second-order valence-electron chi connectivity index (χ2n) is 13.3. The molecular weight excluding hydrogens is 484 g/mol. The van der Waals surface area contributed by atoms with Crippen molar-refractivity contribution in [1.29, 1.82) is 0 Å². The van der Waals surface area contributed by atoms with Gasteiger partial charge < -0.3 is 9.47 Å². The van der Waals surface area contributed by atoms with Crippen LogP contribution in [0.3, 0.4) is 0 Å². The minimum Gasteiger partial charge on any atom is -0.461 e. The van der Waals surface area contributed by atoms with Crippen LogP contribution in [-0.2, 0) is 20.9 Å². The fourth-order valence-corrected chi connectivity index (χ4v) is 9.92. The van der Waals surface area contributed by atoms with Crippen LogP contribution in [0.1, 0.15) is 97.0 Å².